The highest BCUT2D eigenvalue weighted by Gasteiger charge is 2.04. The van der Waals surface area contributed by atoms with E-state index in [1.807, 2.05) is 42.5 Å². The summed E-state index contributed by atoms with van der Waals surface area (Å²) in [5.74, 6) is 0.0861. The molecule has 1 N–H and O–H groups in total. The molecule has 0 aliphatic rings. The van der Waals surface area contributed by atoms with E-state index in [-0.39, 0.29) is 5.91 Å². The zero-order chi connectivity index (χ0) is 14.9. The maximum absolute atomic E-state index is 11.8. The van der Waals surface area contributed by atoms with Gasteiger partial charge in [0.1, 0.15) is 0 Å². The summed E-state index contributed by atoms with van der Waals surface area (Å²) in [7, 11) is 0. The zero-order valence-electron chi connectivity index (χ0n) is 12.0. The molecular weight excluding hydrogens is 282 g/mol. The van der Waals surface area contributed by atoms with E-state index < -0.39 is 0 Å². The SMILES string of the molecule is O=C(CCc1ccccc1Cl)NCCCc1ccccc1. The highest BCUT2D eigenvalue weighted by molar-refractivity contribution is 6.31. The summed E-state index contributed by atoms with van der Waals surface area (Å²) >= 11 is 6.07. The molecule has 1 amide bonds. The van der Waals surface area contributed by atoms with Gasteiger partial charge in [0.15, 0.2) is 0 Å². The first-order valence-electron chi connectivity index (χ1n) is 7.30. The first-order chi connectivity index (χ1) is 10.3. The van der Waals surface area contributed by atoms with Crippen LogP contribution in [0.15, 0.2) is 54.6 Å². The van der Waals surface area contributed by atoms with Crippen LogP contribution in [-0.2, 0) is 17.6 Å². The Morgan fingerprint density at radius 1 is 0.952 bits per heavy atom. The van der Waals surface area contributed by atoms with Crippen molar-refractivity contribution in [1.29, 1.82) is 0 Å². The topological polar surface area (TPSA) is 29.1 Å². The van der Waals surface area contributed by atoms with E-state index in [4.69, 9.17) is 11.6 Å². The Morgan fingerprint density at radius 2 is 1.67 bits per heavy atom. The van der Waals surface area contributed by atoms with Gasteiger partial charge >= 0.3 is 0 Å². The third kappa shape index (κ3) is 5.60. The van der Waals surface area contributed by atoms with Crippen molar-refractivity contribution in [2.45, 2.75) is 25.7 Å². The standard InChI is InChI=1S/C18H20ClNO/c19-17-11-5-4-10-16(17)12-13-18(21)20-14-6-9-15-7-2-1-3-8-15/h1-5,7-8,10-11H,6,9,12-14H2,(H,20,21). The van der Waals surface area contributed by atoms with Gasteiger partial charge in [0.25, 0.3) is 0 Å². The summed E-state index contributed by atoms with van der Waals surface area (Å²) in [5, 5.41) is 3.69. The maximum Gasteiger partial charge on any atom is 0.220 e. The molecule has 0 saturated carbocycles. The van der Waals surface area contributed by atoms with Gasteiger partial charge in [0.2, 0.25) is 5.91 Å². The Balaban J connectivity index is 1.63. The number of amides is 1. The fourth-order valence-corrected chi connectivity index (χ4v) is 2.43. The molecule has 0 bridgehead atoms. The maximum atomic E-state index is 11.8. The second-order valence-corrected chi connectivity index (χ2v) is 5.44. The average molecular weight is 302 g/mol. The number of hydrogen-bond acceptors (Lipinski definition) is 1. The molecule has 0 spiro atoms. The summed E-state index contributed by atoms with van der Waals surface area (Å²) in [6.07, 6.45) is 3.12. The molecular formula is C18H20ClNO. The minimum Gasteiger partial charge on any atom is -0.356 e. The van der Waals surface area contributed by atoms with Crippen LogP contribution in [0.2, 0.25) is 5.02 Å². The number of benzene rings is 2. The molecule has 0 aliphatic carbocycles. The minimum absolute atomic E-state index is 0.0861. The van der Waals surface area contributed by atoms with Crippen LogP contribution >= 0.6 is 11.6 Å². The summed E-state index contributed by atoms with van der Waals surface area (Å²) in [6, 6.07) is 18.0. The van der Waals surface area contributed by atoms with Crippen molar-refractivity contribution in [2.75, 3.05) is 6.54 Å². The highest BCUT2D eigenvalue weighted by atomic mass is 35.5. The number of carbonyl (C=O) groups is 1. The molecule has 21 heavy (non-hydrogen) atoms. The van der Waals surface area contributed by atoms with Crippen LogP contribution in [-0.4, -0.2) is 12.5 Å². The second kappa shape index (κ2) is 8.48. The Bertz CT molecular complexity index is 568. The molecule has 0 aliphatic heterocycles. The first-order valence-corrected chi connectivity index (χ1v) is 7.67. The van der Waals surface area contributed by atoms with E-state index in [1.165, 1.54) is 5.56 Å². The second-order valence-electron chi connectivity index (χ2n) is 5.03. The van der Waals surface area contributed by atoms with E-state index in [9.17, 15) is 4.79 Å². The lowest BCUT2D eigenvalue weighted by Gasteiger charge is -2.06. The van der Waals surface area contributed by atoms with Gasteiger partial charge in [0, 0.05) is 18.0 Å². The number of hydrogen-bond donors (Lipinski definition) is 1. The van der Waals surface area contributed by atoms with E-state index in [0.29, 0.717) is 12.8 Å². The van der Waals surface area contributed by atoms with Crippen molar-refractivity contribution < 1.29 is 4.79 Å². The number of carbonyl (C=O) groups excluding carboxylic acids is 1. The molecule has 2 rings (SSSR count). The summed E-state index contributed by atoms with van der Waals surface area (Å²) in [4.78, 5) is 11.8. The van der Waals surface area contributed by atoms with Crippen LogP contribution in [0.4, 0.5) is 0 Å². The van der Waals surface area contributed by atoms with Crippen LogP contribution in [0.1, 0.15) is 24.0 Å². The van der Waals surface area contributed by atoms with E-state index in [2.05, 4.69) is 17.4 Å². The van der Waals surface area contributed by atoms with Crippen LogP contribution in [0.5, 0.6) is 0 Å². The van der Waals surface area contributed by atoms with Crippen molar-refractivity contribution in [3.8, 4) is 0 Å². The van der Waals surface area contributed by atoms with Gasteiger partial charge in [-0.3, -0.25) is 4.79 Å². The molecule has 110 valence electrons. The number of nitrogens with one attached hydrogen (secondary N) is 1. The summed E-state index contributed by atoms with van der Waals surface area (Å²) in [5.41, 5.74) is 2.33. The molecule has 0 atom stereocenters. The van der Waals surface area contributed by atoms with Crippen LogP contribution < -0.4 is 5.32 Å². The van der Waals surface area contributed by atoms with E-state index in [0.717, 1.165) is 30.0 Å². The largest absolute Gasteiger partial charge is 0.356 e. The third-order valence-corrected chi connectivity index (χ3v) is 3.76. The van der Waals surface area contributed by atoms with Crippen molar-refractivity contribution >= 4 is 17.5 Å². The smallest absolute Gasteiger partial charge is 0.220 e. The van der Waals surface area contributed by atoms with Gasteiger partial charge in [0.05, 0.1) is 0 Å². The molecule has 0 saturated heterocycles. The molecule has 0 radical (unpaired) electrons. The molecule has 0 unspecified atom stereocenters. The van der Waals surface area contributed by atoms with E-state index in [1.54, 1.807) is 0 Å². The first kappa shape index (κ1) is 15.6. The van der Waals surface area contributed by atoms with Gasteiger partial charge in [-0.25, -0.2) is 0 Å². The monoisotopic (exact) mass is 301 g/mol. The van der Waals surface area contributed by atoms with Gasteiger partial charge < -0.3 is 5.32 Å². The molecule has 2 aromatic carbocycles. The molecule has 0 aromatic heterocycles. The third-order valence-electron chi connectivity index (χ3n) is 3.39. The lowest BCUT2D eigenvalue weighted by molar-refractivity contribution is -0.121. The molecule has 0 fully saturated rings. The Morgan fingerprint density at radius 3 is 2.43 bits per heavy atom. The normalized spacial score (nSPS) is 10.3. The Hall–Kier alpha value is -1.80. The van der Waals surface area contributed by atoms with Gasteiger partial charge in [-0.2, -0.15) is 0 Å². The molecule has 2 nitrogen and oxygen atoms in total. The highest BCUT2D eigenvalue weighted by Crippen LogP contribution is 2.16. The van der Waals surface area contributed by atoms with Crippen LogP contribution in [0, 0.1) is 0 Å². The zero-order valence-corrected chi connectivity index (χ0v) is 12.8. The van der Waals surface area contributed by atoms with Crippen molar-refractivity contribution in [2.24, 2.45) is 0 Å². The molecule has 3 heteroatoms. The number of halogens is 1. The van der Waals surface area contributed by atoms with Crippen molar-refractivity contribution in [1.82, 2.24) is 5.32 Å². The van der Waals surface area contributed by atoms with Gasteiger partial charge in [-0.05, 0) is 36.5 Å². The number of aryl methyl sites for hydroxylation is 2. The summed E-state index contributed by atoms with van der Waals surface area (Å²) in [6.45, 7) is 0.719. The van der Waals surface area contributed by atoms with Gasteiger partial charge in [-0.15, -0.1) is 0 Å². The van der Waals surface area contributed by atoms with Crippen molar-refractivity contribution in [3.63, 3.8) is 0 Å². The van der Waals surface area contributed by atoms with E-state index >= 15 is 0 Å². The Labute approximate surface area is 131 Å². The molecule has 0 heterocycles. The lowest BCUT2D eigenvalue weighted by atomic mass is 10.1. The van der Waals surface area contributed by atoms with Crippen LogP contribution in [0.3, 0.4) is 0 Å². The fraction of sp³-hybridized carbons (Fsp3) is 0.278. The molecule has 2 aromatic rings. The summed E-state index contributed by atoms with van der Waals surface area (Å²) < 4.78 is 0. The minimum atomic E-state index is 0.0861. The lowest BCUT2D eigenvalue weighted by Crippen LogP contribution is -2.25. The Kier molecular flexibility index (Phi) is 6.29. The quantitative estimate of drug-likeness (QED) is 0.769. The number of rotatable bonds is 7. The predicted octanol–water partition coefficient (Wildman–Crippen LogP) is 4.02. The van der Waals surface area contributed by atoms with Crippen LogP contribution in [0.25, 0.3) is 0 Å². The van der Waals surface area contributed by atoms with Gasteiger partial charge in [-0.1, -0.05) is 60.1 Å². The predicted molar refractivity (Wildman–Crippen MR) is 87.5 cm³/mol. The van der Waals surface area contributed by atoms with Crippen molar-refractivity contribution in [3.05, 3.63) is 70.7 Å². The fourth-order valence-electron chi connectivity index (χ4n) is 2.20. The average Bonchev–Trinajstić information content (AvgIpc) is 2.52.